The molecule has 1 aliphatic carbocycles. The maximum Gasteiger partial charge on any atom is 0.269 e. The number of carbonyl (C=O) groups excluding carboxylic acids is 1. The minimum absolute atomic E-state index is 0.111. The van der Waals surface area contributed by atoms with Crippen molar-refractivity contribution in [2.45, 2.75) is 51.6 Å². The lowest BCUT2D eigenvalue weighted by atomic mass is 9.86. The van der Waals surface area contributed by atoms with E-state index in [1.54, 1.807) is 24.3 Å². The van der Waals surface area contributed by atoms with Crippen molar-refractivity contribution in [3.63, 3.8) is 0 Å². The van der Waals surface area contributed by atoms with Gasteiger partial charge >= 0.3 is 0 Å². The summed E-state index contributed by atoms with van der Waals surface area (Å²) in [6, 6.07) is 6.88. The van der Waals surface area contributed by atoms with E-state index >= 15 is 0 Å². The SMILES string of the molecule is C[C@H](C(=O)N[C@@H]1CCCC[C@@H]1C)N1CCN(c2ccc([N+](=O)[O-])cc2)CC1. The van der Waals surface area contributed by atoms with Crippen molar-refractivity contribution in [3.05, 3.63) is 34.4 Å². The van der Waals surface area contributed by atoms with E-state index in [0.29, 0.717) is 12.0 Å². The third-order valence-corrected chi connectivity index (χ3v) is 6.11. The molecule has 0 radical (unpaired) electrons. The van der Waals surface area contributed by atoms with Crippen LogP contribution in [0.4, 0.5) is 11.4 Å². The van der Waals surface area contributed by atoms with Gasteiger partial charge in [-0.1, -0.05) is 19.8 Å². The Labute approximate surface area is 160 Å². The number of benzene rings is 1. The topological polar surface area (TPSA) is 78.7 Å². The van der Waals surface area contributed by atoms with Gasteiger partial charge in [0.15, 0.2) is 0 Å². The molecule has 1 heterocycles. The van der Waals surface area contributed by atoms with Gasteiger partial charge in [0.1, 0.15) is 0 Å². The van der Waals surface area contributed by atoms with Crippen molar-refractivity contribution in [1.82, 2.24) is 10.2 Å². The highest BCUT2D eigenvalue weighted by atomic mass is 16.6. The monoisotopic (exact) mass is 374 g/mol. The minimum atomic E-state index is -0.380. The first-order valence-electron chi connectivity index (χ1n) is 9.99. The molecule has 1 saturated carbocycles. The normalized spacial score (nSPS) is 25.0. The van der Waals surface area contributed by atoms with Crippen molar-refractivity contribution >= 4 is 17.3 Å². The van der Waals surface area contributed by atoms with Crippen LogP contribution in [0, 0.1) is 16.0 Å². The Morgan fingerprint density at radius 3 is 2.37 bits per heavy atom. The second-order valence-electron chi connectivity index (χ2n) is 7.85. The van der Waals surface area contributed by atoms with Crippen molar-refractivity contribution in [2.75, 3.05) is 31.1 Å². The van der Waals surface area contributed by atoms with Crippen LogP contribution in [0.1, 0.15) is 39.5 Å². The molecular formula is C20H30N4O3. The Morgan fingerprint density at radius 1 is 1.15 bits per heavy atom. The second-order valence-corrected chi connectivity index (χ2v) is 7.85. The Bertz CT molecular complexity index is 656. The summed E-state index contributed by atoms with van der Waals surface area (Å²) in [6.45, 7) is 7.48. The predicted molar refractivity (Wildman–Crippen MR) is 106 cm³/mol. The summed E-state index contributed by atoms with van der Waals surface area (Å²) in [5.74, 6) is 0.700. The first-order chi connectivity index (χ1) is 13.0. The number of rotatable bonds is 5. The van der Waals surface area contributed by atoms with E-state index in [0.717, 1.165) is 38.3 Å². The van der Waals surface area contributed by atoms with Gasteiger partial charge in [-0.3, -0.25) is 19.8 Å². The van der Waals surface area contributed by atoms with Gasteiger partial charge in [0, 0.05) is 50.0 Å². The fourth-order valence-corrected chi connectivity index (χ4v) is 4.15. The molecule has 1 aromatic rings. The fraction of sp³-hybridized carbons (Fsp3) is 0.650. The van der Waals surface area contributed by atoms with E-state index < -0.39 is 0 Å². The molecule has 0 spiro atoms. The van der Waals surface area contributed by atoms with Gasteiger partial charge in [-0.15, -0.1) is 0 Å². The fourth-order valence-electron chi connectivity index (χ4n) is 4.15. The molecule has 3 atom stereocenters. The Kier molecular flexibility index (Phi) is 6.31. The number of nitro groups is 1. The van der Waals surface area contributed by atoms with Gasteiger partial charge in [-0.2, -0.15) is 0 Å². The van der Waals surface area contributed by atoms with E-state index in [1.165, 1.54) is 19.3 Å². The van der Waals surface area contributed by atoms with E-state index in [1.807, 2.05) is 6.92 Å². The maximum absolute atomic E-state index is 12.7. The molecular weight excluding hydrogens is 344 g/mol. The molecule has 27 heavy (non-hydrogen) atoms. The first-order valence-corrected chi connectivity index (χ1v) is 9.99. The van der Waals surface area contributed by atoms with Crippen molar-refractivity contribution < 1.29 is 9.72 Å². The summed E-state index contributed by atoms with van der Waals surface area (Å²) in [6.07, 6.45) is 4.77. The van der Waals surface area contributed by atoms with Crippen molar-refractivity contribution in [3.8, 4) is 0 Å². The Morgan fingerprint density at radius 2 is 1.78 bits per heavy atom. The smallest absolute Gasteiger partial charge is 0.269 e. The van der Waals surface area contributed by atoms with Crippen LogP contribution >= 0.6 is 0 Å². The summed E-state index contributed by atoms with van der Waals surface area (Å²) >= 11 is 0. The molecule has 1 aromatic carbocycles. The lowest BCUT2D eigenvalue weighted by Gasteiger charge is -2.39. The van der Waals surface area contributed by atoms with Crippen molar-refractivity contribution in [2.24, 2.45) is 5.92 Å². The number of nitro benzene ring substituents is 1. The number of hydrogen-bond acceptors (Lipinski definition) is 5. The van der Waals surface area contributed by atoms with Gasteiger partial charge < -0.3 is 10.2 Å². The number of hydrogen-bond donors (Lipinski definition) is 1. The van der Waals surface area contributed by atoms with Crippen LogP contribution in [-0.2, 0) is 4.79 Å². The second kappa shape index (κ2) is 8.69. The third kappa shape index (κ3) is 4.77. The van der Waals surface area contributed by atoms with E-state index in [9.17, 15) is 14.9 Å². The summed E-state index contributed by atoms with van der Waals surface area (Å²) in [5.41, 5.74) is 1.10. The Balaban J connectivity index is 1.50. The van der Waals surface area contributed by atoms with Crippen LogP contribution in [0.5, 0.6) is 0 Å². The van der Waals surface area contributed by atoms with E-state index in [2.05, 4.69) is 22.0 Å². The number of non-ortho nitro benzene ring substituents is 1. The largest absolute Gasteiger partial charge is 0.369 e. The number of nitrogens with one attached hydrogen (secondary N) is 1. The van der Waals surface area contributed by atoms with Crippen LogP contribution in [0.2, 0.25) is 0 Å². The molecule has 0 aromatic heterocycles. The van der Waals surface area contributed by atoms with E-state index in [4.69, 9.17) is 0 Å². The number of nitrogens with zero attached hydrogens (tertiary/aromatic N) is 3. The molecule has 2 fully saturated rings. The van der Waals surface area contributed by atoms with Gasteiger partial charge in [0.25, 0.3) is 5.69 Å². The lowest BCUT2D eigenvalue weighted by Crippen LogP contribution is -2.55. The average Bonchev–Trinajstić information content (AvgIpc) is 2.69. The molecule has 1 N–H and O–H groups in total. The molecule has 1 aliphatic heterocycles. The highest BCUT2D eigenvalue weighted by molar-refractivity contribution is 5.81. The molecule has 7 nitrogen and oxygen atoms in total. The number of piperazine rings is 1. The summed E-state index contributed by atoms with van der Waals surface area (Å²) in [4.78, 5) is 27.5. The zero-order valence-electron chi connectivity index (χ0n) is 16.3. The standard InChI is InChI=1S/C20H30N4O3/c1-15-5-3-4-6-19(15)21-20(25)16(2)22-11-13-23(14-12-22)17-7-9-18(10-8-17)24(26)27/h7-10,15-16,19H,3-6,11-14H2,1-2H3,(H,21,25)/t15-,16+,19+/m0/s1. The molecule has 1 saturated heterocycles. The van der Waals surface area contributed by atoms with Gasteiger partial charge in [-0.05, 0) is 37.8 Å². The summed E-state index contributed by atoms with van der Waals surface area (Å²) < 4.78 is 0. The van der Waals surface area contributed by atoms with Gasteiger partial charge in [-0.25, -0.2) is 0 Å². The van der Waals surface area contributed by atoms with Crippen LogP contribution in [-0.4, -0.2) is 54.0 Å². The van der Waals surface area contributed by atoms with Gasteiger partial charge in [0.05, 0.1) is 11.0 Å². The number of anilines is 1. The van der Waals surface area contributed by atoms with Crippen LogP contribution in [0.25, 0.3) is 0 Å². The molecule has 0 unspecified atom stereocenters. The maximum atomic E-state index is 12.7. The molecule has 148 valence electrons. The lowest BCUT2D eigenvalue weighted by molar-refractivity contribution is -0.384. The molecule has 0 bridgehead atoms. The van der Waals surface area contributed by atoms with E-state index in [-0.39, 0.29) is 22.6 Å². The third-order valence-electron chi connectivity index (χ3n) is 6.11. The van der Waals surface area contributed by atoms with Gasteiger partial charge in [0.2, 0.25) is 5.91 Å². The molecule has 1 amide bonds. The highest BCUT2D eigenvalue weighted by Gasteiger charge is 2.29. The zero-order valence-corrected chi connectivity index (χ0v) is 16.3. The zero-order chi connectivity index (χ0) is 19.4. The number of carbonyl (C=O) groups is 1. The minimum Gasteiger partial charge on any atom is -0.369 e. The average molecular weight is 374 g/mol. The molecule has 7 heteroatoms. The summed E-state index contributed by atoms with van der Waals surface area (Å²) in [5, 5.41) is 14.0. The first kappa shape index (κ1) is 19.6. The van der Waals surface area contributed by atoms with Crippen LogP contribution in [0.15, 0.2) is 24.3 Å². The number of amides is 1. The molecule has 3 rings (SSSR count). The summed E-state index contributed by atoms with van der Waals surface area (Å²) in [7, 11) is 0. The molecule has 2 aliphatic rings. The van der Waals surface area contributed by atoms with Crippen LogP contribution < -0.4 is 10.2 Å². The highest BCUT2D eigenvalue weighted by Crippen LogP contribution is 2.24. The quantitative estimate of drug-likeness (QED) is 0.633. The predicted octanol–water partition coefficient (Wildman–Crippen LogP) is 2.80. The van der Waals surface area contributed by atoms with Crippen molar-refractivity contribution in [1.29, 1.82) is 0 Å². The van der Waals surface area contributed by atoms with Crippen LogP contribution in [0.3, 0.4) is 0 Å². The Hall–Kier alpha value is -2.15.